The minimum absolute atomic E-state index is 0.0380. The number of ether oxygens (including phenoxy) is 1. The average molecular weight is 244 g/mol. The minimum Gasteiger partial charge on any atom is -0.460 e. The zero-order valence-corrected chi connectivity index (χ0v) is 12.2. The van der Waals surface area contributed by atoms with E-state index >= 15 is 0 Å². The average Bonchev–Trinajstić information content (AvgIpc) is 2.09. The van der Waals surface area contributed by atoms with Crippen molar-refractivity contribution in [3.63, 3.8) is 0 Å². The van der Waals surface area contributed by atoms with Crippen LogP contribution in [-0.4, -0.2) is 23.3 Å². The van der Waals surface area contributed by atoms with Gasteiger partial charge in [0.15, 0.2) is 0 Å². The number of rotatable bonds is 7. The maximum atomic E-state index is 11.0. The fourth-order valence-electron chi connectivity index (χ4n) is 2.74. The molecule has 0 aliphatic rings. The Morgan fingerprint density at radius 1 is 1.29 bits per heavy atom. The van der Waals surface area contributed by atoms with Crippen molar-refractivity contribution in [3.05, 3.63) is 0 Å². The van der Waals surface area contributed by atoms with Crippen molar-refractivity contribution in [3.8, 4) is 0 Å². The molecule has 0 saturated heterocycles. The summed E-state index contributed by atoms with van der Waals surface area (Å²) in [5.74, 6) is 0.00386. The summed E-state index contributed by atoms with van der Waals surface area (Å²) in [6.07, 6.45) is 2.81. The van der Waals surface area contributed by atoms with Gasteiger partial charge in [0.1, 0.15) is 5.60 Å². The Balaban J connectivity index is 4.64. The molecule has 17 heavy (non-hydrogen) atoms. The quantitative estimate of drug-likeness (QED) is 0.700. The third-order valence-corrected chi connectivity index (χ3v) is 3.26. The molecule has 0 heterocycles. The van der Waals surface area contributed by atoms with Gasteiger partial charge in [-0.25, -0.2) is 0 Å². The molecule has 0 saturated carbocycles. The second kappa shape index (κ2) is 6.39. The largest absolute Gasteiger partial charge is 0.460 e. The molecule has 3 heteroatoms. The van der Waals surface area contributed by atoms with Gasteiger partial charge in [0.05, 0.1) is 0 Å². The zero-order valence-electron chi connectivity index (χ0n) is 12.2. The van der Waals surface area contributed by atoms with Crippen molar-refractivity contribution in [1.82, 2.24) is 0 Å². The SMILES string of the molecule is CCCC(CO)C(C)(C)CC(C)(C)OC(C)=O. The Morgan fingerprint density at radius 3 is 2.18 bits per heavy atom. The van der Waals surface area contributed by atoms with Crippen LogP contribution in [0.1, 0.15) is 60.8 Å². The molecular weight excluding hydrogens is 216 g/mol. The van der Waals surface area contributed by atoms with Crippen LogP contribution in [0.4, 0.5) is 0 Å². The Bertz CT molecular complexity index is 244. The van der Waals surface area contributed by atoms with E-state index in [1.54, 1.807) is 0 Å². The highest BCUT2D eigenvalue weighted by molar-refractivity contribution is 5.66. The maximum absolute atomic E-state index is 11.0. The van der Waals surface area contributed by atoms with E-state index in [1.165, 1.54) is 6.92 Å². The van der Waals surface area contributed by atoms with Crippen molar-refractivity contribution in [1.29, 1.82) is 0 Å². The Labute approximate surface area is 106 Å². The van der Waals surface area contributed by atoms with Gasteiger partial charge in [-0.2, -0.15) is 0 Å². The lowest BCUT2D eigenvalue weighted by Crippen LogP contribution is -2.38. The standard InChI is InChI=1S/C14H28O3/c1-7-8-12(9-15)13(3,4)10-14(5,6)17-11(2)16/h12,15H,7-10H2,1-6H3. The predicted molar refractivity (Wildman–Crippen MR) is 69.7 cm³/mol. The van der Waals surface area contributed by atoms with Gasteiger partial charge in [0.25, 0.3) is 0 Å². The summed E-state index contributed by atoms with van der Waals surface area (Å²) in [6.45, 7) is 11.9. The monoisotopic (exact) mass is 244 g/mol. The summed E-state index contributed by atoms with van der Waals surface area (Å²) in [4.78, 5) is 11.0. The van der Waals surface area contributed by atoms with Gasteiger partial charge in [0, 0.05) is 13.5 Å². The van der Waals surface area contributed by atoms with Gasteiger partial charge < -0.3 is 9.84 Å². The van der Waals surface area contributed by atoms with Crippen molar-refractivity contribution in [2.24, 2.45) is 11.3 Å². The summed E-state index contributed by atoms with van der Waals surface area (Å²) < 4.78 is 5.33. The van der Waals surface area contributed by atoms with Crippen molar-refractivity contribution in [2.75, 3.05) is 6.61 Å². The second-order valence-corrected chi connectivity index (χ2v) is 6.19. The fraction of sp³-hybridized carbons (Fsp3) is 0.929. The molecule has 0 aromatic heterocycles. The summed E-state index contributed by atoms with van der Waals surface area (Å²) >= 11 is 0. The molecule has 0 aromatic rings. The first kappa shape index (κ1) is 16.4. The second-order valence-electron chi connectivity index (χ2n) is 6.19. The first-order valence-corrected chi connectivity index (χ1v) is 6.45. The molecular formula is C14H28O3. The summed E-state index contributed by atoms with van der Waals surface area (Å²) in [6, 6.07) is 0. The van der Waals surface area contributed by atoms with Gasteiger partial charge in [-0.3, -0.25) is 4.79 Å². The van der Waals surface area contributed by atoms with Crippen molar-refractivity contribution in [2.45, 2.75) is 66.4 Å². The third-order valence-electron chi connectivity index (χ3n) is 3.26. The van der Waals surface area contributed by atoms with Crippen molar-refractivity contribution >= 4 is 5.97 Å². The lowest BCUT2D eigenvalue weighted by molar-refractivity contribution is -0.157. The predicted octanol–water partition coefficient (Wildman–Crippen LogP) is 3.15. The summed E-state index contributed by atoms with van der Waals surface area (Å²) in [7, 11) is 0. The van der Waals surface area contributed by atoms with E-state index in [-0.39, 0.29) is 23.9 Å². The van der Waals surface area contributed by atoms with E-state index < -0.39 is 5.60 Å². The van der Waals surface area contributed by atoms with Crippen LogP contribution in [-0.2, 0) is 9.53 Å². The van der Waals surface area contributed by atoms with Crippen molar-refractivity contribution < 1.29 is 14.6 Å². The van der Waals surface area contributed by atoms with E-state index in [4.69, 9.17) is 4.74 Å². The van der Waals surface area contributed by atoms with Crippen LogP contribution >= 0.6 is 0 Å². The normalized spacial score (nSPS) is 14.5. The van der Waals surface area contributed by atoms with E-state index in [0.717, 1.165) is 19.3 Å². The molecule has 1 N–H and O–H groups in total. The summed E-state index contributed by atoms with van der Waals surface area (Å²) in [5, 5.41) is 9.46. The highest BCUT2D eigenvalue weighted by Gasteiger charge is 2.36. The Hall–Kier alpha value is -0.570. The van der Waals surface area contributed by atoms with Crippen LogP contribution in [0.15, 0.2) is 0 Å². The topological polar surface area (TPSA) is 46.5 Å². The van der Waals surface area contributed by atoms with E-state index in [9.17, 15) is 9.90 Å². The van der Waals surface area contributed by atoms with Gasteiger partial charge in [-0.1, -0.05) is 27.2 Å². The number of aliphatic hydroxyl groups excluding tert-OH is 1. The van der Waals surface area contributed by atoms with E-state index in [0.29, 0.717) is 0 Å². The van der Waals surface area contributed by atoms with Crippen LogP contribution in [0.2, 0.25) is 0 Å². The molecule has 1 atom stereocenters. The Morgan fingerprint density at radius 2 is 1.82 bits per heavy atom. The molecule has 102 valence electrons. The number of carbonyl (C=O) groups is 1. The highest BCUT2D eigenvalue weighted by atomic mass is 16.6. The molecule has 0 spiro atoms. The molecule has 0 aliphatic carbocycles. The van der Waals surface area contributed by atoms with Gasteiger partial charge in [-0.15, -0.1) is 0 Å². The smallest absolute Gasteiger partial charge is 0.303 e. The van der Waals surface area contributed by atoms with Crippen LogP contribution < -0.4 is 0 Å². The molecule has 0 rings (SSSR count). The Kier molecular flexibility index (Phi) is 6.17. The summed E-state index contributed by atoms with van der Waals surface area (Å²) in [5.41, 5.74) is -0.514. The maximum Gasteiger partial charge on any atom is 0.303 e. The molecule has 0 bridgehead atoms. The number of hydrogen-bond donors (Lipinski definition) is 1. The van der Waals surface area contributed by atoms with Crippen LogP contribution in [0.5, 0.6) is 0 Å². The van der Waals surface area contributed by atoms with Gasteiger partial charge in [0.2, 0.25) is 0 Å². The lowest BCUT2D eigenvalue weighted by atomic mass is 9.70. The molecule has 0 amide bonds. The minimum atomic E-state index is -0.476. The fourth-order valence-corrected chi connectivity index (χ4v) is 2.74. The highest BCUT2D eigenvalue weighted by Crippen LogP contribution is 2.38. The molecule has 0 radical (unpaired) electrons. The van der Waals surface area contributed by atoms with Crippen LogP contribution in [0.25, 0.3) is 0 Å². The number of carbonyl (C=O) groups excluding carboxylic acids is 1. The molecule has 0 aromatic carbocycles. The number of hydrogen-bond acceptors (Lipinski definition) is 3. The first-order valence-electron chi connectivity index (χ1n) is 6.45. The first-order chi connectivity index (χ1) is 7.64. The van der Waals surface area contributed by atoms with Gasteiger partial charge >= 0.3 is 5.97 Å². The van der Waals surface area contributed by atoms with Crippen LogP contribution in [0, 0.1) is 11.3 Å². The van der Waals surface area contributed by atoms with E-state index in [2.05, 4.69) is 20.8 Å². The van der Waals surface area contributed by atoms with Gasteiger partial charge in [-0.05, 0) is 38.0 Å². The zero-order chi connectivity index (χ0) is 13.7. The molecule has 3 nitrogen and oxygen atoms in total. The number of esters is 1. The number of aliphatic hydroxyl groups is 1. The van der Waals surface area contributed by atoms with E-state index in [1.807, 2.05) is 13.8 Å². The third kappa shape index (κ3) is 6.06. The van der Waals surface area contributed by atoms with Crippen LogP contribution in [0.3, 0.4) is 0 Å². The molecule has 0 aliphatic heterocycles. The molecule has 0 fully saturated rings. The lowest BCUT2D eigenvalue weighted by Gasteiger charge is -2.39. The molecule has 1 unspecified atom stereocenters.